The number of nitrogens with two attached hydrogens (primary N) is 2. The van der Waals surface area contributed by atoms with Gasteiger partial charge in [-0.25, -0.2) is 0 Å². The largest absolute Gasteiger partial charge is 3.00 e. The van der Waals surface area contributed by atoms with Crippen LogP contribution in [0.25, 0.3) is 12.3 Å². The van der Waals surface area contributed by atoms with Crippen LogP contribution in [0.4, 0.5) is 0 Å². The zero-order chi connectivity index (χ0) is 7.15. The van der Waals surface area contributed by atoms with Gasteiger partial charge in [-0.05, 0) is 0 Å². The summed E-state index contributed by atoms with van der Waals surface area (Å²) in [6, 6.07) is 0. The first-order valence-corrected chi connectivity index (χ1v) is 1.86. The van der Waals surface area contributed by atoms with Crippen molar-refractivity contribution < 1.29 is 44.8 Å². The van der Waals surface area contributed by atoms with Gasteiger partial charge in [-0.15, -0.1) is 0 Å². The summed E-state index contributed by atoms with van der Waals surface area (Å²) in [6.45, 7) is 2.17. The van der Waals surface area contributed by atoms with E-state index >= 15 is 0 Å². The fourth-order valence-corrected chi connectivity index (χ4v) is 0. The van der Waals surface area contributed by atoms with Crippen molar-refractivity contribution in [3.05, 3.63) is 19.7 Å². The smallest absolute Gasteiger partial charge is 0.693 e. The molecule has 0 radical (unpaired) electrons. The summed E-state index contributed by atoms with van der Waals surface area (Å²) in [7, 11) is 0. The van der Waals surface area contributed by atoms with Gasteiger partial charge in [0.25, 0.3) is 11.9 Å². The zero-order valence-corrected chi connectivity index (χ0v) is 9.34. The molecule has 0 aliphatic carbocycles. The average molecular weight is 288 g/mol. The predicted octanol–water partition coefficient (Wildman–Crippen LogP) is 1.24. The molecule has 0 atom stereocenters. The minimum Gasteiger partial charge on any atom is -0.693 e. The summed E-state index contributed by atoms with van der Waals surface area (Å²) in [5.74, 6) is -1.67. The minimum absolute atomic E-state index is 0. The maximum absolute atomic E-state index is 9.00. The Balaban J connectivity index is -0.00000000800. The second kappa shape index (κ2) is 42.1. The van der Waals surface area contributed by atoms with Crippen molar-refractivity contribution in [2.24, 2.45) is 0 Å². The van der Waals surface area contributed by atoms with Crippen LogP contribution in [0.2, 0.25) is 0 Å². The van der Waals surface area contributed by atoms with E-state index in [2.05, 4.69) is 0 Å². The van der Waals surface area contributed by atoms with Gasteiger partial charge in [0.05, 0.1) is 0 Å². The quantitative estimate of drug-likeness (QED) is 0.504. The third-order valence-electron chi connectivity index (χ3n) is 0. The molecule has 13 heavy (non-hydrogen) atoms. The van der Waals surface area contributed by atoms with E-state index in [1.54, 1.807) is 0 Å². The van der Waals surface area contributed by atoms with Crippen molar-refractivity contribution in [3.8, 4) is 0 Å². The number of aliphatic carboxylic acids is 2. The normalized spacial score (nSPS) is 3.85. The van der Waals surface area contributed by atoms with Gasteiger partial charge in [0.15, 0.2) is 0 Å². The standard InChI is InChI=1S/2C2H4O2.CH3.2H2N.H2O.Rh/c2*1-2(3)4;;;;;/h2*1H3,(H,3,4);1H3;3*1H2;/q;;3*-1;;+3. The third-order valence-corrected chi connectivity index (χ3v) is 0. The van der Waals surface area contributed by atoms with Gasteiger partial charge in [-0.1, -0.05) is 0 Å². The van der Waals surface area contributed by atoms with Gasteiger partial charge >= 0.3 is 19.5 Å². The predicted molar refractivity (Wildman–Crippen MR) is 47.2 cm³/mol. The monoisotopic (exact) mass is 288 g/mol. The minimum atomic E-state index is -0.833. The summed E-state index contributed by atoms with van der Waals surface area (Å²) in [6.07, 6.45) is 0. The number of carboxylic acid groups (broad SMARTS) is 2. The van der Waals surface area contributed by atoms with Crippen molar-refractivity contribution in [2.45, 2.75) is 13.8 Å². The molecule has 0 aromatic rings. The fourth-order valence-electron chi connectivity index (χ4n) is 0. The Morgan fingerprint density at radius 2 is 0.923 bits per heavy atom. The van der Waals surface area contributed by atoms with Crippen LogP contribution in [0.5, 0.6) is 0 Å². The van der Waals surface area contributed by atoms with Crippen LogP contribution in [-0.4, -0.2) is 27.6 Å². The number of hydrogen-bond acceptors (Lipinski definition) is 2. The van der Waals surface area contributed by atoms with Crippen molar-refractivity contribution in [2.75, 3.05) is 0 Å². The number of rotatable bonds is 0. The van der Waals surface area contributed by atoms with Crippen molar-refractivity contribution in [1.29, 1.82) is 0 Å². The summed E-state index contributed by atoms with van der Waals surface area (Å²) < 4.78 is 0. The van der Waals surface area contributed by atoms with Gasteiger partial charge in [-0.3, -0.25) is 9.59 Å². The van der Waals surface area contributed by atoms with Crippen LogP contribution >= 0.6 is 0 Å². The molecule has 7 nitrogen and oxygen atoms in total. The Labute approximate surface area is 90.8 Å². The summed E-state index contributed by atoms with van der Waals surface area (Å²) >= 11 is 0. The molecule has 0 saturated carbocycles. The molecule has 0 fully saturated rings. The molecule has 0 aromatic carbocycles. The second-order valence-corrected chi connectivity index (χ2v) is 1.04. The molecular weight excluding hydrogens is 271 g/mol. The van der Waals surface area contributed by atoms with Crippen LogP contribution in [0.1, 0.15) is 13.8 Å². The number of carboxylic acids is 2. The van der Waals surface area contributed by atoms with E-state index in [9.17, 15) is 0 Å². The molecule has 0 bridgehead atoms. The zero-order valence-electron chi connectivity index (χ0n) is 7.70. The molecule has 0 aliphatic heterocycles. The van der Waals surface area contributed by atoms with E-state index in [4.69, 9.17) is 19.8 Å². The Hall–Kier alpha value is -0.557. The molecule has 0 aromatic heterocycles. The van der Waals surface area contributed by atoms with Crippen molar-refractivity contribution in [3.63, 3.8) is 0 Å². The van der Waals surface area contributed by atoms with Crippen molar-refractivity contribution >= 4 is 11.9 Å². The molecule has 8 heteroatoms. The molecule has 0 spiro atoms. The van der Waals surface area contributed by atoms with Crippen LogP contribution in [0.15, 0.2) is 0 Å². The average Bonchev–Trinajstić information content (AvgIpc) is 1.25. The molecule has 0 heterocycles. The van der Waals surface area contributed by atoms with E-state index < -0.39 is 11.9 Å². The molecule has 0 rings (SSSR count). The maximum Gasteiger partial charge on any atom is 3.00 e. The molecular formula is C5H17N2O5Rh. The van der Waals surface area contributed by atoms with E-state index in [1.165, 1.54) is 0 Å². The molecule has 0 aliphatic rings. The Kier molecular flexibility index (Phi) is 178. The summed E-state index contributed by atoms with van der Waals surface area (Å²) in [4.78, 5) is 18.0. The fraction of sp³-hybridized carbons (Fsp3) is 0.400. The Bertz CT molecular complexity index is 80.9. The van der Waals surface area contributed by atoms with Gasteiger partial charge in [0.2, 0.25) is 0 Å². The summed E-state index contributed by atoms with van der Waals surface area (Å²) in [5, 5.41) is 14.8. The number of hydrogen-bond donors (Lipinski definition) is 2. The van der Waals surface area contributed by atoms with Crippen LogP contribution in [0.3, 0.4) is 0 Å². The van der Waals surface area contributed by atoms with E-state index in [1.807, 2.05) is 0 Å². The van der Waals surface area contributed by atoms with Crippen molar-refractivity contribution in [1.82, 2.24) is 0 Å². The second-order valence-electron chi connectivity index (χ2n) is 1.04. The topological polar surface area (TPSA) is 173 Å². The van der Waals surface area contributed by atoms with Crippen LogP contribution < -0.4 is 0 Å². The summed E-state index contributed by atoms with van der Waals surface area (Å²) in [5.41, 5.74) is 0. The van der Waals surface area contributed by atoms with E-state index in [0.717, 1.165) is 13.8 Å². The van der Waals surface area contributed by atoms with E-state index in [0.29, 0.717) is 0 Å². The van der Waals surface area contributed by atoms with Crippen LogP contribution in [0, 0.1) is 7.43 Å². The maximum atomic E-state index is 9.00. The Morgan fingerprint density at radius 1 is 0.923 bits per heavy atom. The molecule has 0 unspecified atom stereocenters. The molecule has 0 saturated heterocycles. The van der Waals surface area contributed by atoms with Gasteiger partial charge in [0.1, 0.15) is 0 Å². The first-order valence-electron chi connectivity index (χ1n) is 1.86. The first-order chi connectivity index (χ1) is 3.46. The van der Waals surface area contributed by atoms with Gasteiger partial charge in [-0.2, -0.15) is 0 Å². The van der Waals surface area contributed by atoms with Gasteiger partial charge < -0.3 is 35.4 Å². The SMILES string of the molecule is CC(=O)O.CC(=O)O.O.[CH3-].[NH2-].[NH2-].[Rh+3]. The molecule has 0 amide bonds. The number of carbonyl (C=O) groups is 2. The van der Waals surface area contributed by atoms with E-state index in [-0.39, 0.29) is 44.7 Å². The third kappa shape index (κ3) is 3290. The van der Waals surface area contributed by atoms with Crippen LogP contribution in [-0.2, 0) is 29.1 Å². The van der Waals surface area contributed by atoms with Gasteiger partial charge in [0, 0.05) is 13.8 Å². The Morgan fingerprint density at radius 3 is 0.923 bits per heavy atom. The first kappa shape index (κ1) is 55.0. The molecule has 86 valence electrons. The molecule has 8 N–H and O–H groups in total.